The third-order valence-corrected chi connectivity index (χ3v) is 4.32. The van der Waals surface area contributed by atoms with Crippen molar-refractivity contribution < 1.29 is 14.8 Å². The van der Waals surface area contributed by atoms with Crippen LogP contribution in [0, 0.1) is 15.5 Å². The van der Waals surface area contributed by atoms with Crippen LogP contribution < -0.4 is 4.74 Å². The molecule has 1 fully saturated rings. The molecule has 0 spiro atoms. The first kappa shape index (κ1) is 14.4. The highest BCUT2D eigenvalue weighted by atomic mass is 35.5. The number of halogens is 2. The van der Waals surface area contributed by atoms with E-state index in [1.165, 1.54) is 12.1 Å². The standard InChI is InChI=1S/C12H13Cl2NO4/c1-12(2)10(16)5-11(12)19-9-4-7(14)6(13)3-8(9)15(17)18/h3-4,10-11,16H,5H2,1-2H3. The molecule has 2 unspecified atom stereocenters. The van der Waals surface area contributed by atoms with Crippen molar-refractivity contribution in [3.63, 3.8) is 0 Å². The van der Waals surface area contributed by atoms with Crippen LogP contribution in [0.5, 0.6) is 5.75 Å². The third-order valence-electron chi connectivity index (χ3n) is 3.59. The number of hydrogen-bond donors (Lipinski definition) is 1. The smallest absolute Gasteiger partial charge is 0.312 e. The van der Waals surface area contributed by atoms with Gasteiger partial charge in [0.05, 0.1) is 21.1 Å². The van der Waals surface area contributed by atoms with Crippen molar-refractivity contribution in [2.45, 2.75) is 32.5 Å². The minimum atomic E-state index is -0.570. The Morgan fingerprint density at radius 1 is 1.42 bits per heavy atom. The first-order valence-corrected chi connectivity index (χ1v) is 6.47. The van der Waals surface area contributed by atoms with E-state index < -0.39 is 16.4 Å². The second-order valence-electron chi connectivity index (χ2n) is 5.17. The van der Waals surface area contributed by atoms with E-state index in [1.54, 1.807) is 0 Å². The summed E-state index contributed by atoms with van der Waals surface area (Å²) in [5.41, 5.74) is -0.674. The number of benzene rings is 1. The second-order valence-corrected chi connectivity index (χ2v) is 5.98. The van der Waals surface area contributed by atoms with Crippen molar-refractivity contribution in [1.29, 1.82) is 0 Å². The van der Waals surface area contributed by atoms with Crippen molar-refractivity contribution in [3.05, 3.63) is 32.3 Å². The van der Waals surface area contributed by atoms with Gasteiger partial charge in [0.2, 0.25) is 0 Å². The summed E-state index contributed by atoms with van der Waals surface area (Å²) in [5.74, 6) is 0.0735. The van der Waals surface area contributed by atoms with Gasteiger partial charge in [-0.1, -0.05) is 37.0 Å². The summed E-state index contributed by atoms with van der Waals surface area (Å²) >= 11 is 11.6. The molecule has 2 rings (SSSR count). The summed E-state index contributed by atoms with van der Waals surface area (Å²) in [6, 6.07) is 2.50. The normalized spacial score (nSPS) is 24.7. The highest BCUT2D eigenvalue weighted by Gasteiger charge is 2.49. The Morgan fingerprint density at radius 3 is 2.47 bits per heavy atom. The molecular formula is C12H13Cl2NO4. The van der Waals surface area contributed by atoms with Gasteiger partial charge in [0.25, 0.3) is 0 Å². The molecule has 5 nitrogen and oxygen atoms in total. The first-order valence-electron chi connectivity index (χ1n) is 5.71. The fourth-order valence-electron chi connectivity index (χ4n) is 1.97. The Labute approximate surface area is 120 Å². The first-order chi connectivity index (χ1) is 8.73. The Hall–Kier alpha value is -1.04. The van der Waals surface area contributed by atoms with Crippen molar-refractivity contribution in [2.24, 2.45) is 5.41 Å². The van der Waals surface area contributed by atoms with Crippen LogP contribution in [0.25, 0.3) is 0 Å². The SMILES string of the molecule is CC1(C)C(O)CC1Oc1cc(Cl)c(Cl)cc1[N+](=O)[O-]. The fraction of sp³-hybridized carbons (Fsp3) is 0.500. The number of aliphatic hydroxyl groups is 1. The minimum absolute atomic E-state index is 0.0735. The van der Waals surface area contributed by atoms with Crippen LogP contribution in [-0.4, -0.2) is 22.2 Å². The van der Waals surface area contributed by atoms with Gasteiger partial charge < -0.3 is 9.84 Å². The largest absolute Gasteiger partial charge is 0.483 e. The number of ether oxygens (including phenoxy) is 1. The van der Waals surface area contributed by atoms with Gasteiger partial charge in [-0.05, 0) is 0 Å². The summed E-state index contributed by atoms with van der Waals surface area (Å²) in [5, 5.41) is 20.9. The van der Waals surface area contributed by atoms with Gasteiger partial charge >= 0.3 is 5.69 Å². The van der Waals surface area contributed by atoms with Gasteiger partial charge in [0.1, 0.15) is 6.10 Å². The van der Waals surface area contributed by atoms with Gasteiger partial charge in [-0.25, -0.2) is 0 Å². The third kappa shape index (κ3) is 2.50. The predicted octanol–water partition coefficient (Wildman–Crippen LogP) is 3.44. The molecule has 1 aromatic carbocycles. The highest BCUT2D eigenvalue weighted by Crippen LogP contribution is 2.45. The molecule has 2 atom stereocenters. The topological polar surface area (TPSA) is 72.6 Å². The average Bonchev–Trinajstić information content (AvgIpc) is 2.32. The van der Waals surface area contributed by atoms with Gasteiger partial charge in [-0.3, -0.25) is 10.1 Å². The zero-order valence-electron chi connectivity index (χ0n) is 10.4. The van der Waals surface area contributed by atoms with E-state index >= 15 is 0 Å². The number of nitro benzene ring substituents is 1. The maximum absolute atomic E-state index is 11.0. The molecule has 104 valence electrons. The molecule has 0 amide bonds. The lowest BCUT2D eigenvalue weighted by Crippen LogP contribution is -2.56. The van der Waals surface area contributed by atoms with Crippen molar-refractivity contribution in [1.82, 2.24) is 0 Å². The second kappa shape index (κ2) is 4.81. The molecular weight excluding hydrogens is 293 g/mol. The minimum Gasteiger partial charge on any atom is -0.483 e. The molecule has 0 bridgehead atoms. The lowest BCUT2D eigenvalue weighted by Gasteiger charge is -2.48. The maximum atomic E-state index is 11.0. The molecule has 0 saturated heterocycles. The van der Waals surface area contributed by atoms with Gasteiger partial charge in [0.15, 0.2) is 5.75 Å². The number of nitrogens with zero attached hydrogens (tertiary/aromatic N) is 1. The van der Waals surface area contributed by atoms with Gasteiger partial charge in [-0.2, -0.15) is 0 Å². The van der Waals surface area contributed by atoms with Crippen LogP contribution in [0.2, 0.25) is 10.0 Å². The van der Waals surface area contributed by atoms with Crippen LogP contribution in [-0.2, 0) is 0 Å². The fourth-order valence-corrected chi connectivity index (χ4v) is 2.28. The number of hydrogen-bond acceptors (Lipinski definition) is 4. The molecule has 19 heavy (non-hydrogen) atoms. The molecule has 1 N–H and O–H groups in total. The van der Waals surface area contributed by atoms with E-state index in [0.29, 0.717) is 6.42 Å². The molecule has 0 radical (unpaired) electrons. The van der Waals surface area contributed by atoms with Crippen LogP contribution >= 0.6 is 23.2 Å². The summed E-state index contributed by atoms with van der Waals surface area (Å²) in [4.78, 5) is 10.4. The quantitative estimate of drug-likeness (QED) is 0.686. The van der Waals surface area contributed by atoms with E-state index in [1.807, 2.05) is 13.8 Å². The molecule has 1 aliphatic carbocycles. The van der Waals surface area contributed by atoms with E-state index in [0.717, 1.165) is 0 Å². The summed E-state index contributed by atoms with van der Waals surface area (Å²) in [6.07, 6.45) is -0.331. The van der Waals surface area contributed by atoms with Crippen LogP contribution in [0.15, 0.2) is 12.1 Å². The zero-order chi connectivity index (χ0) is 14.4. The Balaban J connectivity index is 2.30. The molecule has 1 aliphatic rings. The van der Waals surface area contributed by atoms with E-state index in [4.69, 9.17) is 27.9 Å². The van der Waals surface area contributed by atoms with Crippen molar-refractivity contribution in [2.75, 3.05) is 0 Å². The van der Waals surface area contributed by atoms with E-state index in [2.05, 4.69) is 0 Å². The molecule has 7 heteroatoms. The lowest BCUT2D eigenvalue weighted by molar-refractivity contribution is -0.386. The Morgan fingerprint density at radius 2 is 2.00 bits per heavy atom. The molecule has 0 heterocycles. The number of rotatable bonds is 3. The molecule has 0 aliphatic heterocycles. The van der Waals surface area contributed by atoms with Gasteiger partial charge in [0, 0.05) is 24.0 Å². The maximum Gasteiger partial charge on any atom is 0.312 e. The highest BCUT2D eigenvalue weighted by molar-refractivity contribution is 6.42. The molecule has 1 aromatic rings. The van der Waals surface area contributed by atoms with Gasteiger partial charge in [-0.15, -0.1) is 0 Å². The number of nitro groups is 1. The Bertz CT molecular complexity index is 533. The van der Waals surface area contributed by atoms with Crippen LogP contribution in [0.1, 0.15) is 20.3 Å². The monoisotopic (exact) mass is 305 g/mol. The van der Waals surface area contributed by atoms with Crippen molar-refractivity contribution in [3.8, 4) is 5.75 Å². The van der Waals surface area contributed by atoms with E-state index in [-0.39, 0.29) is 27.6 Å². The molecule has 1 saturated carbocycles. The lowest BCUT2D eigenvalue weighted by atomic mass is 9.66. The predicted molar refractivity (Wildman–Crippen MR) is 71.9 cm³/mol. The van der Waals surface area contributed by atoms with E-state index in [9.17, 15) is 15.2 Å². The zero-order valence-corrected chi connectivity index (χ0v) is 11.9. The Kier molecular flexibility index (Phi) is 3.64. The summed E-state index contributed by atoms with van der Waals surface area (Å²) < 4.78 is 5.62. The van der Waals surface area contributed by atoms with Crippen LogP contribution in [0.4, 0.5) is 5.69 Å². The number of aliphatic hydroxyl groups excluding tert-OH is 1. The average molecular weight is 306 g/mol. The van der Waals surface area contributed by atoms with Crippen LogP contribution in [0.3, 0.4) is 0 Å². The summed E-state index contributed by atoms with van der Waals surface area (Å²) in [7, 11) is 0. The summed E-state index contributed by atoms with van der Waals surface area (Å²) in [6.45, 7) is 3.68. The molecule has 0 aromatic heterocycles. The van der Waals surface area contributed by atoms with Crippen molar-refractivity contribution >= 4 is 28.9 Å².